The molecule has 0 bridgehead atoms. The van der Waals surface area contributed by atoms with Crippen LogP contribution in [0.25, 0.3) is 10.6 Å². The molecule has 0 radical (unpaired) electrons. The number of rotatable bonds is 5. The molecule has 1 N–H and O–H groups in total. The van der Waals surface area contributed by atoms with Crippen LogP contribution in [0.3, 0.4) is 0 Å². The fourth-order valence-electron chi connectivity index (χ4n) is 1.63. The van der Waals surface area contributed by atoms with Crippen molar-refractivity contribution in [3.63, 3.8) is 0 Å². The Morgan fingerprint density at radius 1 is 1.42 bits per heavy atom. The average Bonchev–Trinajstić information content (AvgIpc) is 2.88. The molecular formula is C13H15BrFN3S. The predicted molar refractivity (Wildman–Crippen MR) is 79.7 cm³/mol. The predicted octanol–water partition coefficient (Wildman–Crippen LogP) is 4.17. The number of hydrogen-bond donors (Lipinski definition) is 1. The molecule has 0 aliphatic heterocycles. The van der Waals surface area contributed by atoms with Crippen molar-refractivity contribution in [2.75, 3.05) is 6.54 Å². The van der Waals surface area contributed by atoms with Gasteiger partial charge in [-0.3, -0.25) is 0 Å². The Morgan fingerprint density at radius 2 is 2.21 bits per heavy atom. The topological polar surface area (TPSA) is 37.8 Å². The Hall–Kier alpha value is -0.850. The Kier molecular flexibility index (Phi) is 5.01. The molecule has 3 nitrogen and oxygen atoms in total. The molecule has 0 saturated carbocycles. The van der Waals surface area contributed by atoms with Gasteiger partial charge in [0.25, 0.3) is 0 Å². The summed E-state index contributed by atoms with van der Waals surface area (Å²) in [5.74, 6) is -0.271. The Labute approximate surface area is 124 Å². The molecule has 0 spiro atoms. The van der Waals surface area contributed by atoms with Gasteiger partial charge in [0.2, 0.25) is 0 Å². The summed E-state index contributed by atoms with van der Waals surface area (Å²) in [7, 11) is 0. The van der Waals surface area contributed by atoms with Gasteiger partial charge in [0, 0.05) is 10.0 Å². The molecule has 2 aromatic rings. The van der Waals surface area contributed by atoms with Crippen molar-refractivity contribution in [2.45, 2.75) is 26.3 Å². The van der Waals surface area contributed by atoms with E-state index < -0.39 is 0 Å². The lowest BCUT2D eigenvalue weighted by Crippen LogP contribution is -2.18. The van der Waals surface area contributed by atoms with Crippen LogP contribution in [0.5, 0.6) is 0 Å². The molecule has 0 amide bonds. The molecule has 0 aliphatic carbocycles. The van der Waals surface area contributed by atoms with Crippen LogP contribution >= 0.6 is 27.3 Å². The van der Waals surface area contributed by atoms with Gasteiger partial charge in [-0.1, -0.05) is 34.2 Å². The van der Waals surface area contributed by atoms with Crippen LogP contribution in [-0.4, -0.2) is 16.7 Å². The monoisotopic (exact) mass is 343 g/mol. The normalized spacial score (nSPS) is 12.6. The van der Waals surface area contributed by atoms with E-state index in [2.05, 4.69) is 45.3 Å². The van der Waals surface area contributed by atoms with Crippen molar-refractivity contribution >= 4 is 27.3 Å². The fraction of sp³-hybridized carbons (Fsp3) is 0.385. The fourth-order valence-corrected chi connectivity index (χ4v) is 3.09. The van der Waals surface area contributed by atoms with Crippen molar-refractivity contribution in [1.82, 2.24) is 15.5 Å². The highest BCUT2D eigenvalue weighted by Crippen LogP contribution is 2.32. The molecule has 0 fully saturated rings. The minimum Gasteiger partial charge on any atom is -0.308 e. The Balaban J connectivity index is 2.23. The van der Waals surface area contributed by atoms with Crippen LogP contribution in [-0.2, 0) is 0 Å². The Morgan fingerprint density at radius 3 is 2.95 bits per heavy atom. The van der Waals surface area contributed by atoms with Crippen LogP contribution in [0.2, 0.25) is 0 Å². The molecule has 1 aromatic carbocycles. The van der Waals surface area contributed by atoms with E-state index >= 15 is 0 Å². The second-order valence-electron chi connectivity index (χ2n) is 4.25. The molecule has 19 heavy (non-hydrogen) atoms. The molecule has 1 atom stereocenters. The summed E-state index contributed by atoms with van der Waals surface area (Å²) in [6.07, 6.45) is 1.07. The van der Waals surface area contributed by atoms with E-state index in [0.717, 1.165) is 33.0 Å². The zero-order valence-corrected chi connectivity index (χ0v) is 13.2. The highest BCUT2D eigenvalue weighted by molar-refractivity contribution is 9.10. The highest BCUT2D eigenvalue weighted by atomic mass is 79.9. The highest BCUT2D eigenvalue weighted by Gasteiger charge is 2.14. The lowest BCUT2D eigenvalue weighted by molar-refractivity contribution is 0.564. The van der Waals surface area contributed by atoms with E-state index in [9.17, 15) is 4.39 Å². The third-order valence-electron chi connectivity index (χ3n) is 2.67. The van der Waals surface area contributed by atoms with Crippen molar-refractivity contribution in [3.05, 3.63) is 33.5 Å². The molecule has 1 heterocycles. The van der Waals surface area contributed by atoms with Crippen molar-refractivity contribution in [3.8, 4) is 10.6 Å². The molecule has 0 aliphatic rings. The first-order chi connectivity index (χ1) is 9.11. The molecular weight excluding hydrogens is 329 g/mol. The minimum absolute atomic E-state index is 0.165. The molecule has 1 unspecified atom stereocenters. The molecule has 0 saturated heterocycles. The van der Waals surface area contributed by atoms with Gasteiger partial charge < -0.3 is 5.32 Å². The first-order valence-electron chi connectivity index (χ1n) is 6.14. The third kappa shape index (κ3) is 3.58. The number of aromatic nitrogens is 2. The quantitative estimate of drug-likeness (QED) is 0.885. The number of benzene rings is 1. The largest absolute Gasteiger partial charge is 0.308 e. The number of nitrogens with one attached hydrogen (secondary N) is 1. The molecule has 102 valence electrons. The summed E-state index contributed by atoms with van der Waals surface area (Å²) < 4.78 is 14.1. The second kappa shape index (κ2) is 6.54. The van der Waals surface area contributed by atoms with Gasteiger partial charge in [0.15, 0.2) is 0 Å². The first-order valence-corrected chi connectivity index (χ1v) is 7.75. The zero-order chi connectivity index (χ0) is 13.8. The molecule has 2 rings (SSSR count). The summed E-state index contributed by atoms with van der Waals surface area (Å²) in [6, 6.07) is 4.74. The van der Waals surface area contributed by atoms with E-state index in [1.54, 1.807) is 6.07 Å². The number of halogens is 2. The van der Waals surface area contributed by atoms with Crippen LogP contribution in [0, 0.1) is 5.82 Å². The van der Waals surface area contributed by atoms with Crippen LogP contribution < -0.4 is 5.32 Å². The van der Waals surface area contributed by atoms with Gasteiger partial charge in [-0.2, -0.15) is 0 Å². The third-order valence-corrected chi connectivity index (χ3v) is 4.50. The number of hydrogen-bond acceptors (Lipinski definition) is 4. The second-order valence-corrected chi connectivity index (χ2v) is 6.11. The summed E-state index contributed by atoms with van der Waals surface area (Å²) >= 11 is 4.90. The maximum atomic E-state index is 13.3. The van der Waals surface area contributed by atoms with E-state index in [4.69, 9.17) is 0 Å². The summed E-state index contributed by atoms with van der Waals surface area (Å²) in [4.78, 5) is 0. The standard InChI is InChI=1S/C13H15BrFN3S/c1-3-6-16-8(2)12-17-18-13(19-12)10-7-9(15)4-5-11(10)14/h4-5,7-8,16H,3,6H2,1-2H3. The van der Waals surface area contributed by atoms with E-state index in [-0.39, 0.29) is 11.9 Å². The van der Waals surface area contributed by atoms with Gasteiger partial charge in [0.1, 0.15) is 15.8 Å². The molecule has 6 heteroatoms. The van der Waals surface area contributed by atoms with Crippen molar-refractivity contribution < 1.29 is 4.39 Å². The van der Waals surface area contributed by atoms with Crippen LogP contribution in [0.15, 0.2) is 22.7 Å². The summed E-state index contributed by atoms with van der Waals surface area (Å²) in [5.41, 5.74) is 0.742. The summed E-state index contributed by atoms with van der Waals surface area (Å²) in [5, 5.41) is 13.3. The van der Waals surface area contributed by atoms with E-state index in [1.165, 1.54) is 23.5 Å². The molecule has 1 aromatic heterocycles. The van der Waals surface area contributed by atoms with Crippen LogP contribution in [0.1, 0.15) is 31.3 Å². The summed E-state index contributed by atoms with van der Waals surface area (Å²) in [6.45, 7) is 5.12. The first kappa shape index (κ1) is 14.6. The minimum atomic E-state index is -0.271. The van der Waals surface area contributed by atoms with Gasteiger partial charge >= 0.3 is 0 Å². The average molecular weight is 344 g/mol. The van der Waals surface area contributed by atoms with E-state index in [1.807, 2.05) is 0 Å². The zero-order valence-electron chi connectivity index (χ0n) is 10.8. The SMILES string of the molecule is CCCNC(C)c1nnc(-c2cc(F)ccc2Br)s1. The van der Waals surface area contributed by atoms with Gasteiger partial charge in [0.05, 0.1) is 6.04 Å². The maximum absolute atomic E-state index is 13.3. The van der Waals surface area contributed by atoms with Crippen LogP contribution in [0.4, 0.5) is 4.39 Å². The van der Waals surface area contributed by atoms with Gasteiger partial charge in [-0.05, 0) is 38.1 Å². The van der Waals surface area contributed by atoms with Gasteiger partial charge in [-0.15, -0.1) is 10.2 Å². The lowest BCUT2D eigenvalue weighted by Gasteiger charge is -2.08. The maximum Gasteiger partial charge on any atom is 0.149 e. The van der Waals surface area contributed by atoms with Gasteiger partial charge in [-0.25, -0.2) is 4.39 Å². The lowest BCUT2D eigenvalue weighted by atomic mass is 10.2. The van der Waals surface area contributed by atoms with Crippen molar-refractivity contribution in [1.29, 1.82) is 0 Å². The number of nitrogens with zero attached hydrogens (tertiary/aromatic N) is 2. The Bertz CT molecular complexity index is 559. The van der Waals surface area contributed by atoms with E-state index in [0.29, 0.717) is 0 Å². The van der Waals surface area contributed by atoms with Crippen molar-refractivity contribution in [2.24, 2.45) is 0 Å². The smallest absolute Gasteiger partial charge is 0.149 e.